The van der Waals surface area contributed by atoms with E-state index in [0.29, 0.717) is 49.7 Å². The minimum atomic E-state index is -3.65. The van der Waals surface area contributed by atoms with Gasteiger partial charge >= 0.3 is 6.09 Å². The summed E-state index contributed by atoms with van der Waals surface area (Å²) in [6.07, 6.45) is 2.75. The summed E-state index contributed by atoms with van der Waals surface area (Å²) in [5.74, 6) is -0.607. The average molecular weight is 591 g/mol. The van der Waals surface area contributed by atoms with Crippen LogP contribution in [-0.2, 0) is 27.7 Å². The minimum absolute atomic E-state index is 0.0619. The van der Waals surface area contributed by atoms with Crippen molar-refractivity contribution in [2.45, 2.75) is 70.9 Å². The van der Waals surface area contributed by atoms with Gasteiger partial charge < -0.3 is 19.9 Å². The molecule has 0 bridgehead atoms. The summed E-state index contributed by atoms with van der Waals surface area (Å²) in [4.78, 5) is 43.5. The van der Waals surface area contributed by atoms with Crippen LogP contribution in [0.15, 0.2) is 29.2 Å². The van der Waals surface area contributed by atoms with Gasteiger partial charge in [-0.2, -0.15) is 4.31 Å². The van der Waals surface area contributed by atoms with Crippen molar-refractivity contribution >= 4 is 44.3 Å². The lowest BCUT2D eigenvalue weighted by Crippen LogP contribution is -2.41. The van der Waals surface area contributed by atoms with Gasteiger partial charge in [0.05, 0.1) is 23.6 Å². The Balaban J connectivity index is 1.60. The molecular weight excluding hydrogens is 552 g/mol. The molecule has 2 aromatic rings. The zero-order valence-electron chi connectivity index (χ0n) is 23.6. The molecule has 218 valence electrons. The van der Waals surface area contributed by atoms with E-state index in [1.54, 1.807) is 16.7 Å². The number of fused-ring (bicyclic) bond motifs is 1. The molecule has 3 amide bonds. The lowest BCUT2D eigenvalue weighted by molar-refractivity contribution is 0.0772. The molecule has 40 heavy (non-hydrogen) atoms. The van der Waals surface area contributed by atoms with Gasteiger partial charge in [-0.15, -0.1) is 11.3 Å². The third-order valence-corrected chi connectivity index (χ3v) is 10.7. The van der Waals surface area contributed by atoms with Crippen LogP contribution in [0, 0.1) is 0 Å². The molecule has 0 radical (unpaired) electrons. The Labute approximate surface area is 240 Å². The maximum Gasteiger partial charge on any atom is 0.410 e. The van der Waals surface area contributed by atoms with Gasteiger partial charge in [0.1, 0.15) is 5.00 Å². The molecule has 1 unspecified atom stereocenters. The van der Waals surface area contributed by atoms with Gasteiger partial charge in [0.2, 0.25) is 10.0 Å². The van der Waals surface area contributed by atoms with Crippen molar-refractivity contribution in [1.82, 2.24) is 14.1 Å². The molecule has 0 aliphatic carbocycles. The van der Waals surface area contributed by atoms with Crippen molar-refractivity contribution in [3.05, 3.63) is 45.8 Å². The molecule has 12 heteroatoms. The first-order chi connectivity index (χ1) is 19.1. The highest BCUT2D eigenvalue weighted by molar-refractivity contribution is 7.89. The number of nitrogens with zero attached hydrogens (tertiary/aromatic N) is 3. The van der Waals surface area contributed by atoms with Gasteiger partial charge in [0.25, 0.3) is 11.8 Å². The summed E-state index contributed by atoms with van der Waals surface area (Å²) in [6.45, 7) is 10.0. The number of amides is 3. The van der Waals surface area contributed by atoms with Crippen molar-refractivity contribution < 1.29 is 27.5 Å². The molecule has 1 atom stereocenters. The zero-order valence-corrected chi connectivity index (χ0v) is 25.2. The molecule has 0 spiro atoms. The van der Waals surface area contributed by atoms with Gasteiger partial charge in [0.15, 0.2) is 0 Å². The highest BCUT2D eigenvalue weighted by Crippen LogP contribution is 2.38. The number of thiophene rings is 1. The van der Waals surface area contributed by atoms with Gasteiger partial charge in [-0.05, 0) is 76.8 Å². The Bertz CT molecular complexity index is 1350. The largest absolute Gasteiger partial charge is 0.450 e. The zero-order chi connectivity index (χ0) is 29.0. The van der Waals surface area contributed by atoms with E-state index in [0.717, 1.165) is 29.7 Å². The smallest absolute Gasteiger partial charge is 0.410 e. The summed E-state index contributed by atoms with van der Waals surface area (Å²) in [5, 5.41) is 3.33. The maximum atomic E-state index is 13.5. The van der Waals surface area contributed by atoms with E-state index < -0.39 is 22.0 Å². The fourth-order valence-corrected chi connectivity index (χ4v) is 8.23. The molecule has 1 saturated heterocycles. The first kappa shape index (κ1) is 30.0. The van der Waals surface area contributed by atoms with E-state index in [2.05, 4.69) is 5.32 Å². The van der Waals surface area contributed by atoms with E-state index in [1.165, 1.54) is 39.9 Å². The number of carbonyl (C=O) groups excluding carboxylic acids is 3. The normalized spacial score (nSPS) is 17.7. The molecule has 2 aliphatic heterocycles. The van der Waals surface area contributed by atoms with Crippen LogP contribution in [0.2, 0.25) is 0 Å². The van der Waals surface area contributed by atoms with Gasteiger partial charge in [-0.25, -0.2) is 13.2 Å². The van der Waals surface area contributed by atoms with Gasteiger partial charge in [0, 0.05) is 42.7 Å². The molecule has 1 fully saturated rings. The molecule has 10 nitrogen and oxygen atoms in total. The van der Waals surface area contributed by atoms with Crippen molar-refractivity contribution in [1.29, 1.82) is 0 Å². The monoisotopic (exact) mass is 590 g/mol. The second-order valence-corrected chi connectivity index (χ2v) is 13.0. The summed E-state index contributed by atoms with van der Waals surface area (Å²) in [7, 11) is -3.65. The molecule has 3 heterocycles. The predicted octanol–water partition coefficient (Wildman–Crippen LogP) is 4.56. The lowest BCUT2D eigenvalue weighted by atomic mass is 10.0. The highest BCUT2D eigenvalue weighted by atomic mass is 32.2. The summed E-state index contributed by atoms with van der Waals surface area (Å²) in [5.41, 5.74) is 1.58. The van der Waals surface area contributed by atoms with Gasteiger partial charge in [-0.1, -0.05) is 6.42 Å². The number of ether oxygens (including phenoxy) is 1. The van der Waals surface area contributed by atoms with Crippen LogP contribution in [0.1, 0.15) is 78.1 Å². The van der Waals surface area contributed by atoms with Crippen LogP contribution < -0.4 is 5.32 Å². The fourth-order valence-electron chi connectivity index (χ4n) is 5.28. The molecule has 4 rings (SSSR count). The van der Waals surface area contributed by atoms with Crippen LogP contribution in [0.25, 0.3) is 0 Å². The molecule has 2 aliphatic rings. The molecule has 0 saturated carbocycles. The fraction of sp³-hybridized carbons (Fsp3) is 0.536. The number of benzene rings is 1. The molecule has 1 N–H and O–H groups in total. The topological polar surface area (TPSA) is 116 Å². The SMILES string of the molecule is CCOC(=O)N1CCc2c(sc(NC(=O)c3ccc(S(=O)(=O)N4CCCCC4C)cc3)c2C(=O)N(CC)CC)C1. The first-order valence-corrected chi connectivity index (χ1v) is 16.2. The third kappa shape index (κ3) is 6.03. The van der Waals surface area contributed by atoms with E-state index >= 15 is 0 Å². The summed E-state index contributed by atoms with van der Waals surface area (Å²) >= 11 is 1.29. The van der Waals surface area contributed by atoms with E-state index in [4.69, 9.17) is 4.74 Å². The molecule has 1 aromatic heterocycles. The number of anilines is 1. The first-order valence-electron chi connectivity index (χ1n) is 13.9. The number of carbonyl (C=O) groups is 3. The lowest BCUT2D eigenvalue weighted by Gasteiger charge is -2.32. The van der Waals surface area contributed by atoms with Crippen LogP contribution in [0.4, 0.5) is 9.80 Å². The Morgan fingerprint density at radius 3 is 2.40 bits per heavy atom. The number of piperidine rings is 1. The Morgan fingerprint density at radius 2 is 1.77 bits per heavy atom. The van der Waals surface area contributed by atoms with E-state index in [-0.39, 0.29) is 29.0 Å². The average Bonchev–Trinajstić information content (AvgIpc) is 3.30. The quantitative estimate of drug-likeness (QED) is 0.482. The number of rotatable bonds is 8. The second-order valence-electron chi connectivity index (χ2n) is 9.99. The van der Waals surface area contributed by atoms with Crippen molar-refractivity contribution in [3.8, 4) is 0 Å². The van der Waals surface area contributed by atoms with Crippen molar-refractivity contribution in [2.75, 3.05) is 38.1 Å². The van der Waals surface area contributed by atoms with Crippen LogP contribution in [-0.4, -0.2) is 79.3 Å². The Morgan fingerprint density at radius 1 is 1.07 bits per heavy atom. The van der Waals surface area contributed by atoms with Crippen LogP contribution in [0.5, 0.6) is 0 Å². The maximum absolute atomic E-state index is 13.5. The number of sulfonamides is 1. The van der Waals surface area contributed by atoms with E-state index in [9.17, 15) is 22.8 Å². The van der Waals surface area contributed by atoms with Crippen molar-refractivity contribution in [3.63, 3.8) is 0 Å². The van der Waals surface area contributed by atoms with Crippen molar-refractivity contribution in [2.24, 2.45) is 0 Å². The van der Waals surface area contributed by atoms with Crippen LogP contribution >= 0.6 is 11.3 Å². The Kier molecular flexibility index (Phi) is 9.52. The third-order valence-electron chi connectivity index (χ3n) is 7.54. The minimum Gasteiger partial charge on any atom is -0.450 e. The Hall–Kier alpha value is -2.96. The number of hydrogen-bond acceptors (Lipinski definition) is 7. The summed E-state index contributed by atoms with van der Waals surface area (Å²) < 4.78 is 33.1. The number of hydrogen-bond donors (Lipinski definition) is 1. The predicted molar refractivity (Wildman–Crippen MR) is 154 cm³/mol. The molecule has 1 aromatic carbocycles. The number of nitrogens with one attached hydrogen (secondary N) is 1. The van der Waals surface area contributed by atoms with Gasteiger partial charge in [-0.3, -0.25) is 9.59 Å². The second kappa shape index (κ2) is 12.7. The van der Waals surface area contributed by atoms with Crippen LogP contribution in [0.3, 0.4) is 0 Å². The standard InChI is InChI=1S/C28H38N4O6S2/c1-5-30(6-2)27(34)24-22-15-17-31(28(35)38-7-3)18-23(22)39-26(24)29-25(33)20-11-13-21(14-12-20)40(36,37)32-16-9-8-10-19(32)4/h11-14,19H,5-10,15-18H2,1-4H3,(H,29,33). The highest BCUT2D eigenvalue weighted by Gasteiger charge is 2.33. The van der Waals surface area contributed by atoms with E-state index in [1.807, 2.05) is 20.8 Å². The summed E-state index contributed by atoms with van der Waals surface area (Å²) in [6, 6.07) is 5.86. The molecular formula is C28H38N4O6S2.